The van der Waals surface area contributed by atoms with Gasteiger partial charge in [-0.3, -0.25) is 4.79 Å². The number of aromatic nitrogens is 2. The van der Waals surface area contributed by atoms with Gasteiger partial charge in [0.05, 0.1) is 17.5 Å². The number of aryl methyl sites for hydroxylation is 1. The maximum atomic E-state index is 14.0. The highest BCUT2D eigenvalue weighted by Gasteiger charge is 2.28. The van der Waals surface area contributed by atoms with Crippen LogP contribution in [-0.4, -0.2) is 40.2 Å². The van der Waals surface area contributed by atoms with E-state index in [0.717, 1.165) is 40.9 Å². The number of carbonyl (C=O) groups is 1. The summed E-state index contributed by atoms with van der Waals surface area (Å²) in [4.78, 5) is 19.8. The Bertz CT molecular complexity index is 1420. The Morgan fingerprint density at radius 2 is 1.83 bits per heavy atom. The van der Waals surface area contributed by atoms with Gasteiger partial charge in [0.2, 0.25) is 12.7 Å². The number of imidazole rings is 1. The van der Waals surface area contributed by atoms with Gasteiger partial charge in [0.1, 0.15) is 11.6 Å². The van der Waals surface area contributed by atoms with Crippen molar-refractivity contribution in [2.24, 2.45) is 0 Å². The van der Waals surface area contributed by atoms with Crippen molar-refractivity contribution in [2.75, 3.05) is 19.9 Å². The van der Waals surface area contributed by atoms with Gasteiger partial charge in [0, 0.05) is 30.8 Å². The third kappa shape index (κ3) is 4.01. The number of benzene rings is 3. The highest BCUT2D eigenvalue weighted by molar-refractivity contribution is 5.82. The summed E-state index contributed by atoms with van der Waals surface area (Å²) in [6.45, 7) is 3.60. The number of amides is 1. The van der Waals surface area contributed by atoms with Crippen LogP contribution in [0, 0.1) is 12.7 Å². The highest BCUT2D eigenvalue weighted by atomic mass is 19.1. The van der Waals surface area contributed by atoms with E-state index < -0.39 is 0 Å². The van der Waals surface area contributed by atoms with Gasteiger partial charge >= 0.3 is 0 Å². The molecule has 0 radical (unpaired) electrons. The topological polar surface area (TPSA) is 56.6 Å². The van der Waals surface area contributed by atoms with Gasteiger partial charge in [-0.1, -0.05) is 24.3 Å². The first kappa shape index (κ1) is 21.6. The molecule has 178 valence electrons. The second-order valence-corrected chi connectivity index (χ2v) is 9.22. The number of fused-ring (bicyclic) bond motifs is 2. The van der Waals surface area contributed by atoms with Crippen molar-refractivity contribution in [3.05, 3.63) is 77.6 Å². The zero-order valence-electron chi connectivity index (χ0n) is 19.5. The van der Waals surface area contributed by atoms with Crippen LogP contribution in [0.4, 0.5) is 4.39 Å². The zero-order valence-corrected chi connectivity index (χ0v) is 19.5. The van der Waals surface area contributed by atoms with Crippen molar-refractivity contribution in [3.8, 4) is 22.9 Å². The lowest BCUT2D eigenvalue weighted by Crippen LogP contribution is -2.40. The minimum atomic E-state index is -0.309. The van der Waals surface area contributed by atoms with Crippen LogP contribution >= 0.6 is 0 Å². The van der Waals surface area contributed by atoms with E-state index >= 15 is 0 Å². The molecule has 1 saturated heterocycles. The average molecular weight is 472 g/mol. The molecule has 1 amide bonds. The second kappa shape index (κ2) is 8.73. The fourth-order valence-electron chi connectivity index (χ4n) is 5.14. The lowest BCUT2D eigenvalue weighted by molar-refractivity contribution is -0.131. The smallest absolute Gasteiger partial charge is 0.231 e. The summed E-state index contributed by atoms with van der Waals surface area (Å²) in [5.41, 5.74) is 4.62. The Hall–Kier alpha value is -3.87. The standard InChI is InChI=1S/C28H26FN3O3/c1-18-4-2-3-5-19(18)15-27(33)31-12-10-22(11-13-31)32-24-8-7-21(29)16-23(24)30-28(32)20-6-9-25-26(14-20)35-17-34-25/h2-9,14,16,22H,10-13,15,17H2,1H3. The van der Waals surface area contributed by atoms with E-state index in [1.54, 1.807) is 6.07 Å². The lowest BCUT2D eigenvalue weighted by Gasteiger charge is -2.34. The highest BCUT2D eigenvalue weighted by Crippen LogP contribution is 2.39. The summed E-state index contributed by atoms with van der Waals surface area (Å²) in [5.74, 6) is 2.02. The van der Waals surface area contributed by atoms with Crippen molar-refractivity contribution < 1.29 is 18.7 Å². The monoisotopic (exact) mass is 471 g/mol. The molecule has 0 spiro atoms. The maximum Gasteiger partial charge on any atom is 0.231 e. The number of carbonyl (C=O) groups excluding carboxylic acids is 1. The Balaban J connectivity index is 1.28. The maximum absolute atomic E-state index is 14.0. The summed E-state index contributed by atoms with van der Waals surface area (Å²) in [5, 5.41) is 0. The molecule has 6 rings (SSSR count). The van der Waals surface area contributed by atoms with Gasteiger partial charge in [-0.15, -0.1) is 0 Å². The molecule has 0 N–H and O–H groups in total. The number of halogens is 1. The minimum absolute atomic E-state index is 0.147. The number of hydrogen-bond acceptors (Lipinski definition) is 4. The molecule has 3 aromatic carbocycles. The SMILES string of the molecule is Cc1ccccc1CC(=O)N1CCC(n2c(-c3ccc4c(c3)OCO4)nc3cc(F)ccc32)CC1. The Morgan fingerprint density at radius 3 is 2.66 bits per heavy atom. The fourth-order valence-corrected chi connectivity index (χ4v) is 5.14. The molecule has 35 heavy (non-hydrogen) atoms. The molecule has 7 heteroatoms. The molecule has 4 aromatic rings. The van der Waals surface area contributed by atoms with Gasteiger partial charge in [-0.25, -0.2) is 9.37 Å². The van der Waals surface area contributed by atoms with Gasteiger partial charge in [-0.2, -0.15) is 0 Å². The second-order valence-electron chi connectivity index (χ2n) is 9.22. The first-order valence-electron chi connectivity index (χ1n) is 12.0. The van der Waals surface area contributed by atoms with Crippen molar-refractivity contribution >= 4 is 16.9 Å². The molecule has 0 aliphatic carbocycles. The summed E-state index contributed by atoms with van der Waals surface area (Å²) in [6.07, 6.45) is 2.03. The van der Waals surface area contributed by atoms with E-state index in [4.69, 9.17) is 14.5 Å². The molecule has 0 unspecified atom stereocenters. The number of piperidine rings is 1. The molecule has 2 aliphatic heterocycles. The van der Waals surface area contributed by atoms with E-state index in [0.29, 0.717) is 36.5 Å². The first-order chi connectivity index (χ1) is 17.1. The Labute approximate surface area is 202 Å². The molecule has 2 aliphatic rings. The summed E-state index contributed by atoms with van der Waals surface area (Å²) >= 11 is 0. The van der Waals surface area contributed by atoms with Crippen molar-refractivity contribution in [1.82, 2.24) is 14.5 Å². The van der Waals surface area contributed by atoms with Crippen molar-refractivity contribution in [2.45, 2.75) is 32.2 Å². The molecule has 1 fully saturated rings. The minimum Gasteiger partial charge on any atom is -0.454 e. The molecular weight excluding hydrogens is 445 g/mol. The van der Waals surface area contributed by atoms with Crippen LogP contribution in [0.1, 0.15) is 30.0 Å². The third-order valence-corrected chi connectivity index (χ3v) is 7.07. The predicted molar refractivity (Wildman–Crippen MR) is 131 cm³/mol. The van der Waals surface area contributed by atoms with Crippen molar-refractivity contribution in [3.63, 3.8) is 0 Å². The van der Waals surface area contributed by atoms with Gasteiger partial charge in [-0.05, 0) is 61.2 Å². The number of hydrogen-bond donors (Lipinski definition) is 0. The van der Waals surface area contributed by atoms with Crippen LogP contribution < -0.4 is 9.47 Å². The van der Waals surface area contributed by atoms with Gasteiger partial charge in [0.15, 0.2) is 11.5 Å². The van der Waals surface area contributed by atoms with Crippen LogP contribution in [0.25, 0.3) is 22.4 Å². The molecule has 1 aromatic heterocycles. The number of nitrogens with zero attached hydrogens (tertiary/aromatic N) is 3. The largest absolute Gasteiger partial charge is 0.454 e. The van der Waals surface area contributed by atoms with E-state index in [2.05, 4.69) is 4.57 Å². The van der Waals surface area contributed by atoms with E-state index in [1.807, 2.05) is 54.3 Å². The van der Waals surface area contributed by atoms with Crippen molar-refractivity contribution in [1.29, 1.82) is 0 Å². The van der Waals surface area contributed by atoms with Crippen LogP contribution in [0.5, 0.6) is 11.5 Å². The summed E-state index contributed by atoms with van der Waals surface area (Å²) in [7, 11) is 0. The van der Waals surface area contributed by atoms with E-state index in [9.17, 15) is 9.18 Å². The normalized spacial score (nSPS) is 15.7. The van der Waals surface area contributed by atoms with E-state index in [-0.39, 0.29) is 24.6 Å². The Kier molecular flexibility index (Phi) is 5.40. The summed E-state index contributed by atoms with van der Waals surface area (Å²) in [6, 6.07) is 18.7. The van der Waals surface area contributed by atoms with Crippen LogP contribution in [-0.2, 0) is 11.2 Å². The van der Waals surface area contributed by atoms with Crippen LogP contribution in [0.2, 0.25) is 0 Å². The molecule has 0 bridgehead atoms. The Morgan fingerprint density at radius 1 is 1.03 bits per heavy atom. The quantitative estimate of drug-likeness (QED) is 0.406. The molecular formula is C28H26FN3O3. The molecule has 3 heterocycles. The zero-order chi connectivity index (χ0) is 23.9. The number of rotatable bonds is 4. The van der Waals surface area contributed by atoms with Gasteiger partial charge < -0.3 is 18.9 Å². The van der Waals surface area contributed by atoms with Gasteiger partial charge in [0.25, 0.3) is 0 Å². The van der Waals surface area contributed by atoms with Crippen LogP contribution in [0.15, 0.2) is 60.7 Å². The lowest BCUT2D eigenvalue weighted by atomic mass is 10.0. The fraction of sp³-hybridized carbons (Fsp3) is 0.286. The predicted octanol–water partition coefficient (Wildman–Crippen LogP) is 5.29. The van der Waals surface area contributed by atoms with E-state index in [1.165, 1.54) is 12.1 Å². The number of likely N-dealkylation sites (tertiary alicyclic amines) is 1. The molecule has 0 saturated carbocycles. The summed E-state index contributed by atoms with van der Waals surface area (Å²) < 4.78 is 27.3. The van der Waals surface area contributed by atoms with Crippen LogP contribution in [0.3, 0.4) is 0 Å². The molecule has 6 nitrogen and oxygen atoms in total. The first-order valence-corrected chi connectivity index (χ1v) is 12.0. The molecule has 0 atom stereocenters. The number of ether oxygens (including phenoxy) is 2. The third-order valence-electron chi connectivity index (χ3n) is 7.07. The average Bonchev–Trinajstić information content (AvgIpc) is 3.49.